The van der Waals surface area contributed by atoms with E-state index < -0.39 is 12.3 Å². The van der Waals surface area contributed by atoms with Crippen LogP contribution in [-0.4, -0.2) is 12.3 Å². The predicted molar refractivity (Wildman–Crippen MR) is 104 cm³/mol. The molecule has 2 aromatic carbocycles. The molecule has 0 atom stereocenters. The third-order valence-corrected chi connectivity index (χ3v) is 5.43. The molecule has 1 saturated carbocycles. The number of alkyl halides is 3. The van der Waals surface area contributed by atoms with Crippen LogP contribution in [-0.2, 0) is 0 Å². The summed E-state index contributed by atoms with van der Waals surface area (Å²) >= 11 is 0. The lowest BCUT2D eigenvalue weighted by Crippen LogP contribution is -2.17. The highest BCUT2D eigenvalue weighted by Crippen LogP contribution is 2.37. The average Bonchev–Trinajstić information content (AvgIpc) is 2.69. The maximum atomic E-state index is 12.3. The van der Waals surface area contributed by atoms with Crippen LogP contribution in [0.2, 0.25) is 0 Å². The molecular formula is C23H25F3O3. The smallest absolute Gasteiger partial charge is 0.423 e. The second kappa shape index (κ2) is 9.33. The Hall–Kier alpha value is -2.50. The van der Waals surface area contributed by atoms with Crippen LogP contribution in [0.15, 0.2) is 48.5 Å². The maximum Gasteiger partial charge on any atom is 0.573 e. The van der Waals surface area contributed by atoms with Crippen molar-refractivity contribution in [2.45, 2.75) is 57.7 Å². The molecule has 156 valence electrons. The van der Waals surface area contributed by atoms with Gasteiger partial charge in [-0.1, -0.05) is 31.9 Å². The van der Waals surface area contributed by atoms with Gasteiger partial charge in [-0.25, -0.2) is 4.79 Å². The van der Waals surface area contributed by atoms with E-state index >= 15 is 0 Å². The zero-order valence-corrected chi connectivity index (χ0v) is 16.4. The van der Waals surface area contributed by atoms with Crippen LogP contribution in [0.5, 0.6) is 11.5 Å². The monoisotopic (exact) mass is 406 g/mol. The zero-order chi connectivity index (χ0) is 20.9. The molecule has 0 radical (unpaired) electrons. The van der Waals surface area contributed by atoms with Gasteiger partial charge in [-0.3, -0.25) is 0 Å². The summed E-state index contributed by atoms with van der Waals surface area (Å²) in [5.41, 5.74) is 1.65. The first-order valence-electron chi connectivity index (χ1n) is 10.0. The van der Waals surface area contributed by atoms with E-state index in [-0.39, 0.29) is 11.5 Å². The molecule has 0 aliphatic heterocycles. The van der Waals surface area contributed by atoms with Gasteiger partial charge in [0, 0.05) is 0 Å². The third-order valence-electron chi connectivity index (χ3n) is 5.43. The number of hydrogen-bond acceptors (Lipinski definition) is 3. The molecule has 3 rings (SSSR count). The largest absolute Gasteiger partial charge is 0.573 e. The van der Waals surface area contributed by atoms with E-state index in [9.17, 15) is 18.0 Å². The van der Waals surface area contributed by atoms with E-state index in [0.717, 1.165) is 18.1 Å². The van der Waals surface area contributed by atoms with Crippen LogP contribution >= 0.6 is 0 Å². The molecule has 0 N–H and O–H groups in total. The van der Waals surface area contributed by atoms with Gasteiger partial charge in [0.2, 0.25) is 0 Å². The number of hydrogen-bond donors (Lipinski definition) is 0. The summed E-state index contributed by atoms with van der Waals surface area (Å²) in [6.45, 7) is 2.23. The van der Waals surface area contributed by atoms with Gasteiger partial charge in [-0.15, -0.1) is 13.2 Å². The van der Waals surface area contributed by atoms with Gasteiger partial charge in [0.05, 0.1) is 5.56 Å². The molecule has 1 aliphatic carbocycles. The molecule has 29 heavy (non-hydrogen) atoms. The van der Waals surface area contributed by atoms with E-state index in [1.165, 1.54) is 56.2 Å². The van der Waals surface area contributed by atoms with Crippen LogP contribution in [0, 0.1) is 5.92 Å². The van der Waals surface area contributed by atoms with Crippen LogP contribution in [0.25, 0.3) is 0 Å². The minimum atomic E-state index is -4.75. The van der Waals surface area contributed by atoms with Crippen molar-refractivity contribution in [2.75, 3.05) is 0 Å². The zero-order valence-electron chi connectivity index (χ0n) is 16.4. The molecule has 0 amide bonds. The summed E-state index contributed by atoms with van der Waals surface area (Å²) in [4.78, 5) is 12.3. The molecule has 2 aromatic rings. The summed E-state index contributed by atoms with van der Waals surface area (Å²) in [6.07, 6.45) is 2.68. The highest BCUT2D eigenvalue weighted by molar-refractivity contribution is 5.91. The second-order valence-corrected chi connectivity index (χ2v) is 7.54. The standard InChI is InChI=1S/C23H25F3O3/c1-2-3-16-4-6-17(7-5-16)18-8-10-19(11-9-18)22(27)28-20-12-14-21(15-13-20)29-23(24,25)26/h8-17H,2-7H2,1H3. The van der Waals surface area contributed by atoms with Crippen LogP contribution in [0.1, 0.15) is 67.3 Å². The van der Waals surface area contributed by atoms with Gasteiger partial charge >= 0.3 is 12.3 Å². The van der Waals surface area contributed by atoms with Crippen LogP contribution in [0.3, 0.4) is 0 Å². The molecule has 1 fully saturated rings. The number of carbonyl (C=O) groups excluding carboxylic acids is 1. The number of ether oxygens (including phenoxy) is 2. The molecule has 0 heterocycles. The average molecular weight is 406 g/mol. The van der Waals surface area contributed by atoms with Crippen molar-refractivity contribution in [3.8, 4) is 11.5 Å². The minimum Gasteiger partial charge on any atom is -0.423 e. The molecule has 3 nitrogen and oxygen atoms in total. The van der Waals surface area contributed by atoms with Crippen molar-refractivity contribution in [1.29, 1.82) is 0 Å². The molecule has 0 aromatic heterocycles. The Balaban J connectivity index is 1.55. The fraction of sp³-hybridized carbons (Fsp3) is 0.435. The van der Waals surface area contributed by atoms with Crippen molar-refractivity contribution < 1.29 is 27.4 Å². The van der Waals surface area contributed by atoms with Gasteiger partial charge in [-0.2, -0.15) is 0 Å². The van der Waals surface area contributed by atoms with Crippen LogP contribution < -0.4 is 9.47 Å². The summed E-state index contributed by atoms with van der Waals surface area (Å²) in [5, 5.41) is 0. The number of benzene rings is 2. The SMILES string of the molecule is CCCC1CCC(c2ccc(C(=O)Oc3ccc(OC(F)(F)F)cc3)cc2)CC1. The topological polar surface area (TPSA) is 35.5 Å². The number of esters is 1. The summed E-state index contributed by atoms with van der Waals surface area (Å²) in [6, 6.07) is 12.2. The Kier molecular flexibility index (Phi) is 6.83. The lowest BCUT2D eigenvalue weighted by Gasteiger charge is -2.28. The van der Waals surface area contributed by atoms with Crippen LogP contribution in [0.4, 0.5) is 13.2 Å². The Bertz CT molecular complexity index is 790. The summed E-state index contributed by atoms with van der Waals surface area (Å²) < 4.78 is 45.6. The minimum absolute atomic E-state index is 0.155. The van der Waals surface area contributed by atoms with E-state index in [2.05, 4.69) is 11.7 Å². The first-order valence-corrected chi connectivity index (χ1v) is 10.0. The fourth-order valence-electron chi connectivity index (χ4n) is 3.96. The van der Waals surface area contributed by atoms with E-state index in [1.54, 1.807) is 12.1 Å². The van der Waals surface area contributed by atoms with E-state index in [4.69, 9.17) is 4.74 Å². The molecule has 6 heteroatoms. The van der Waals surface area contributed by atoms with Crippen molar-refractivity contribution in [3.63, 3.8) is 0 Å². The summed E-state index contributed by atoms with van der Waals surface area (Å²) in [7, 11) is 0. The van der Waals surface area contributed by atoms with Gasteiger partial charge in [-0.05, 0) is 79.5 Å². The molecule has 0 unspecified atom stereocenters. The number of rotatable bonds is 6. The van der Waals surface area contributed by atoms with Gasteiger partial charge in [0.1, 0.15) is 11.5 Å². The molecule has 0 spiro atoms. The van der Waals surface area contributed by atoms with Gasteiger partial charge < -0.3 is 9.47 Å². The summed E-state index contributed by atoms with van der Waals surface area (Å²) in [5.74, 6) is 0.624. The first kappa shape index (κ1) is 21.2. The fourth-order valence-corrected chi connectivity index (χ4v) is 3.96. The van der Waals surface area contributed by atoms with Crippen molar-refractivity contribution in [1.82, 2.24) is 0 Å². The lowest BCUT2D eigenvalue weighted by atomic mass is 9.77. The maximum absolute atomic E-state index is 12.3. The normalized spacial score (nSPS) is 19.6. The second-order valence-electron chi connectivity index (χ2n) is 7.54. The molecule has 0 saturated heterocycles. The molecular weight excluding hydrogens is 381 g/mol. The highest BCUT2D eigenvalue weighted by atomic mass is 19.4. The van der Waals surface area contributed by atoms with Crippen molar-refractivity contribution >= 4 is 5.97 Å². The Morgan fingerprint density at radius 1 is 0.931 bits per heavy atom. The number of carbonyl (C=O) groups is 1. The van der Waals surface area contributed by atoms with Gasteiger partial charge in [0.25, 0.3) is 0 Å². The predicted octanol–water partition coefficient (Wildman–Crippen LogP) is 6.88. The first-order chi connectivity index (χ1) is 13.8. The van der Waals surface area contributed by atoms with E-state index in [1.807, 2.05) is 12.1 Å². The molecule has 1 aliphatic rings. The van der Waals surface area contributed by atoms with Gasteiger partial charge in [0.15, 0.2) is 0 Å². The van der Waals surface area contributed by atoms with Crippen molar-refractivity contribution in [3.05, 3.63) is 59.7 Å². The Morgan fingerprint density at radius 3 is 2.07 bits per heavy atom. The van der Waals surface area contributed by atoms with Crippen molar-refractivity contribution in [2.24, 2.45) is 5.92 Å². The lowest BCUT2D eigenvalue weighted by molar-refractivity contribution is -0.274. The Labute approximate surface area is 168 Å². The third kappa shape index (κ3) is 6.24. The number of halogens is 3. The highest BCUT2D eigenvalue weighted by Gasteiger charge is 2.31. The van der Waals surface area contributed by atoms with E-state index in [0.29, 0.717) is 11.5 Å². The molecule has 0 bridgehead atoms. The quantitative estimate of drug-likeness (QED) is 0.387. The Morgan fingerprint density at radius 2 is 1.52 bits per heavy atom.